The van der Waals surface area contributed by atoms with Gasteiger partial charge in [-0.3, -0.25) is 9.59 Å². The van der Waals surface area contributed by atoms with Crippen LogP contribution in [0.5, 0.6) is 5.88 Å². The lowest BCUT2D eigenvalue weighted by atomic mass is 10.2. The Balaban J connectivity index is 1.71. The van der Waals surface area contributed by atoms with Crippen molar-refractivity contribution in [2.75, 3.05) is 6.54 Å². The largest absolute Gasteiger partial charge is 0.493 e. The molecule has 0 saturated carbocycles. The third-order valence-electron chi connectivity index (χ3n) is 3.46. The number of nitrogens with one attached hydrogen (secondary N) is 1. The number of carbonyl (C=O) groups excluding carboxylic acids is 2. The van der Waals surface area contributed by atoms with Crippen LogP contribution in [0.4, 0.5) is 5.69 Å². The number of fused-ring (bicyclic) bond motifs is 1. The molecule has 8 heteroatoms. The molecule has 0 atom stereocenters. The molecule has 0 aliphatic rings. The molecule has 0 unspecified atom stereocenters. The van der Waals surface area contributed by atoms with Crippen LogP contribution in [0.2, 0.25) is 0 Å². The van der Waals surface area contributed by atoms with Crippen LogP contribution >= 0.6 is 0 Å². The fourth-order valence-electron chi connectivity index (χ4n) is 2.25. The predicted octanol–water partition coefficient (Wildman–Crippen LogP) is 2.52. The van der Waals surface area contributed by atoms with Crippen molar-refractivity contribution in [3.8, 4) is 5.88 Å². The van der Waals surface area contributed by atoms with Crippen LogP contribution in [-0.4, -0.2) is 28.0 Å². The van der Waals surface area contributed by atoms with Crippen LogP contribution < -0.4 is 5.32 Å². The summed E-state index contributed by atoms with van der Waals surface area (Å²) in [7, 11) is 1.68. The summed E-state index contributed by atoms with van der Waals surface area (Å²) in [5.41, 5.74) is 0.973. The molecule has 24 heavy (non-hydrogen) atoms. The number of nitrogens with zero attached hydrogens (tertiary/aromatic N) is 3. The first-order valence-electron chi connectivity index (χ1n) is 7.10. The van der Waals surface area contributed by atoms with Crippen LogP contribution in [0.3, 0.4) is 0 Å². The first kappa shape index (κ1) is 15.5. The molecule has 0 radical (unpaired) electrons. The van der Waals surface area contributed by atoms with Gasteiger partial charge in [0, 0.05) is 12.4 Å². The minimum atomic E-state index is -0.651. The second-order valence-electron chi connectivity index (χ2n) is 5.00. The molecule has 0 fully saturated rings. The summed E-state index contributed by atoms with van der Waals surface area (Å²) >= 11 is 0. The number of furan rings is 1. The van der Waals surface area contributed by atoms with Crippen molar-refractivity contribution < 1.29 is 19.1 Å². The van der Waals surface area contributed by atoms with E-state index in [2.05, 4.69) is 15.5 Å². The summed E-state index contributed by atoms with van der Waals surface area (Å²) in [6.45, 7) is -0.325. The quantitative estimate of drug-likeness (QED) is 0.718. The van der Waals surface area contributed by atoms with Crippen LogP contribution in [-0.2, 0) is 11.8 Å². The number of para-hydroxylation sites is 1. The highest BCUT2D eigenvalue weighted by Gasteiger charge is 2.14. The van der Waals surface area contributed by atoms with E-state index in [-0.39, 0.29) is 23.9 Å². The van der Waals surface area contributed by atoms with Gasteiger partial charge in [0.2, 0.25) is 5.88 Å². The highest BCUT2D eigenvalue weighted by atomic mass is 16.3. The van der Waals surface area contributed by atoms with E-state index in [9.17, 15) is 14.7 Å². The van der Waals surface area contributed by atoms with Crippen molar-refractivity contribution in [3.63, 3.8) is 0 Å². The van der Waals surface area contributed by atoms with E-state index in [4.69, 9.17) is 4.42 Å². The highest BCUT2D eigenvalue weighted by molar-refractivity contribution is 5.96. The lowest BCUT2D eigenvalue weighted by molar-refractivity contribution is -0.117. The number of aryl methyl sites for hydroxylation is 1. The van der Waals surface area contributed by atoms with Crippen molar-refractivity contribution in [3.05, 3.63) is 48.4 Å². The Morgan fingerprint density at radius 1 is 1.25 bits per heavy atom. The maximum absolute atomic E-state index is 11.8. The number of carbonyl (C=O) groups is 2. The molecule has 3 aromatic rings. The van der Waals surface area contributed by atoms with Crippen molar-refractivity contribution in [2.24, 2.45) is 17.3 Å². The van der Waals surface area contributed by atoms with Gasteiger partial charge in [0.05, 0.1) is 11.8 Å². The highest BCUT2D eigenvalue weighted by Crippen LogP contribution is 2.37. The Kier molecular flexibility index (Phi) is 4.11. The molecule has 0 aliphatic carbocycles. The van der Waals surface area contributed by atoms with E-state index in [1.54, 1.807) is 29.8 Å². The topological polar surface area (TPSA) is 109 Å². The fraction of sp³-hybridized carbons (Fsp3) is 0.125. The van der Waals surface area contributed by atoms with Crippen LogP contribution in [0.15, 0.2) is 57.3 Å². The summed E-state index contributed by atoms with van der Waals surface area (Å²) < 4.78 is 6.46. The molecule has 1 aromatic carbocycles. The number of aromatic nitrogens is 1. The van der Waals surface area contributed by atoms with Gasteiger partial charge in [0.25, 0.3) is 11.8 Å². The molecular weight excluding hydrogens is 312 g/mol. The second kappa shape index (κ2) is 6.37. The maximum atomic E-state index is 11.8. The van der Waals surface area contributed by atoms with Crippen molar-refractivity contribution in [2.45, 2.75) is 0 Å². The number of aromatic hydroxyl groups is 1. The number of rotatable bonds is 4. The second-order valence-corrected chi connectivity index (χ2v) is 5.00. The van der Waals surface area contributed by atoms with Gasteiger partial charge in [-0.2, -0.15) is 0 Å². The van der Waals surface area contributed by atoms with Crippen molar-refractivity contribution >= 4 is 28.4 Å². The predicted molar refractivity (Wildman–Crippen MR) is 85.1 cm³/mol. The number of benzene rings is 1. The van der Waals surface area contributed by atoms with Gasteiger partial charge in [-0.15, -0.1) is 10.2 Å². The van der Waals surface area contributed by atoms with E-state index >= 15 is 0 Å². The Bertz CT molecular complexity index is 925. The van der Waals surface area contributed by atoms with E-state index in [0.29, 0.717) is 5.39 Å². The molecule has 3 rings (SSSR count). The van der Waals surface area contributed by atoms with Crippen LogP contribution in [0, 0.1) is 0 Å². The monoisotopic (exact) mass is 326 g/mol. The average molecular weight is 326 g/mol. The van der Waals surface area contributed by atoms with Crippen molar-refractivity contribution in [1.29, 1.82) is 0 Å². The Hall–Kier alpha value is -3.42. The summed E-state index contributed by atoms with van der Waals surface area (Å²) in [6, 6.07) is 10.3. The fourth-order valence-corrected chi connectivity index (χ4v) is 2.25. The van der Waals surface area contributed by atoms with Gasteiger partial charge in [-0.25, -0.2) is 0 Å². The number of hydrogen-bond donors (Lipinski definition) is 2. The first-order chi connectivity index (χ1) is 11.6. The molecule has 2 aromatic heterocycles. The molecule has 0 spiro atoms. The first-order valence-corrected chi connectivity index (χ1v) is 7.10. The minimum Gasteiger partial charge on any atom is -0.493 e. The molecular formula is C16H14N4O4. The lowest BCUT2D eigenvalue weighted by Gasteiger charge is -1.98. The molecule has 122 valence electrons. The number of azo groups is 1. The van der Waals surface area contributed by atoms with Gasteiger partial charge in [-0.1, -0.05) is 18.2 Å². The van der Waals surface area contributed by atoms with Crippen LogP contribution in [0.1, 0.15) is 10.6 Å². The standard InChI is InChI=1S/C16H14N4O4/c1-20-11-6-3-2-5-10(11)14(16(20)23)19-18-13(21)9-17-15(22)12-7-4-8-24-12/h2-8,23H,9H2,1H3,(H,17,22). The summed E-state index contributed by atoms with van der Waals surface area (Å²) in [6.07, 6.45) is 1.36. The molecule has 2 N–H and O–H groups in total. The molecule has 2 heterocycles. The number of hydrogen-bond acceptors (Lipinski definition) is 5. The lowest BCUT2D eigenvalue weighted by Crippen LogP contribution is -2.28. The Morgan fingerprint density at radius 2 is 2.04 bits per heavy atom. The summed E-state index contributed by atoms with van der Waals surface area (Å²) in [4.78, 5) is 23.4. The molecule has 8 nitrogen and oxygen atoms in total. The van der Waals surface area contributed by atoms with E-state index in [1.165, 1.54) is 12.3 Å². The third kappa shape index (κ3) is 2.89. The molecule has 0 saturated heterocycles. The number of amides is 2. The zero-order chi connectivity index (χ0) is 17.1. The van der Waals surface area contributed by atoms with Crippen molar-refractivity contribution in [1.82, 2.24) is 9.88 Å². The SMILES string of the molecule is Cn1c(O)c(N=NC(=O)CNC(=O)c2ccco2)c2ccccc21. The van der Waals surface area contributed by atoms with Gasteiger partial charge >= 0.3 is 0 Å². The Morgan fingerprint density at radius 3 is 2.79 bits per heavy atom. The smallest absolute Gasteiger partial charge is 0.287 e. The maximum Gasteiger partial charge on any atom is 0.287 e. The summed E-state index contributed by atoms with van der Waals surface area (Å²) in [5.74, 6) is -1.15. The van der Waals surface area contributed by atoms with E-state index < -0.39 is 11.8 Å². The van der Waals surface area contributed by atoms with Crippen LogP contribution in [0.25, 0.3) is 10.9 Å². The molecule has 0 aliphatic heterocycles. The van der Waals surface area contributed by atoms with Gasteiger partial charge in [0.1, 0.15) is 6.54 Å². The third-order valence-corrected chi connectivity index (χ3v) is 3.46. The van der Waals surface area contributed by atoms with E-state index in [1.807, 2.05) is 12.1 Å². The summed E-state index contributed by atoms with van der Waals surface area (Å²) in [5, 5.41) is 20.5. The van der Waals surface area contributed by atoms with Gasteiger partial charge < -0.3 is 19.4 Å². The molecule has 2 amide bonds. The average Bonchev–Trinajstić information content (AvgIpc) is 3.20. The van der Waals surface area contributed by atoms with E-state index in [0.717, 1.165) is 5.52 Å². The van der Waals surface area contributed by atoms with Gasteiger partial charge in [0.15, 0.2) is 11.4 Å². The zero-order valence-electron chi connectivity index (χ0n) is 12.8. The zero-order valence-corrected chi connectivity index (χ0v) is 12.8. The molecule has 0 bridgehead atoms. The minimum absolute atomic E-state index is 0.0904. The Labute approximate surface area is 136 Å². The normalized spacial score (nSPS) is 11.2. The van der Waals surface area contributed by atoms with Gasteiger partial charge in [-0.05, 0) is 18.2 Å².